The molecule has 0 aliphatic heterocycles. The topological polar surface area (TPSA) is 37.3 Å². The van der Waals surface area contributed by atoms with E-state index in [-0.39, 0.29) is 11.8 Å². The first-order valence-electron chi connectivity index (χ1n) is 5.35. The van der Waals surface area contributed by atoms with Gasteiger partial charge in [-0.3, -0.25) is 4.79 Å². The fourth-order valence-corrected chi connectivity index (χ4v) is 2.15. The molecule has 1 N–H and O–H groups in total. The van der Waals surface area contributed by atoms with E-state index in [4.69, 9.17) is 5.11 Å². The minimum absolute atomic E-state index is 0.171. The van der Waals surface area contributed by atoms with E-state index in [1.165, 1.54) is 5.56 Å². The molecule has 0 saturated carbocycles. The van der Waals surface area contributed by atoms with Gasteiger partial charge in [0.2, 0.25) is 0 Å². The number of carbonyl (C=O) groups is 1. The lowest BCUT2D eigenvalue weighted by Gasteiger charge is -2.18. The lowest BCUT2D eigenvalue weighted by molar-refractivity contribution is -0.136. The monoisotopic (exact) mass is 238 g/mol. The third-order valence-electron chi connectivity index (χ3n) is 2.30. The predicted molar refractivity (Wildman–Crippen MR) is 68.1 cm³/mol. The third-order valence-corrected chi connectivity index (χ3v) is 3.32. The van der Waals surface area contributed by atoms with Crippen LogP contribution >= 0.6 is 11.8 Å². The van der Waals surface area contributed by atoms with Crippen LogP contribution in [-0.4, -0.2) is 16.8 Å². The van der Waals surface area contributed by atoms with Gasteiger partial charge in [-0.05, 0) is 23.1 Å². The lowest BCUT2D eigenvalue weighted by atomic mass is 9.87. The Morgan fingerprint density at radius 2 is 1.81 bits per heavy atom. The van der Waals surface area contributed by atoms with Gasteiger partial charge in [0.25, 0.3) is 0 Å². The van der Waals surface area contributed by atoms with Crippen LogP contribution in [0, 0.1) is 0 Å². The van der Waals surface area contributed by atoms with Crippen molar-refractivity contribution in [1.29, 1.82) is 0 Å². The molecule has 0 saturated heterocycles. The van der Waals surface area contributed by atoms with Crippen LogP contribution < -0.4 is 0 Å². The molecule has 0 unspecified atom stereocenters. The van der Waals surface area contributed by atoms with Crippen LogP contribution in [0.2, 0.25) is 0 Å². The molecule has 0 spiro atoms. The second-order valence-electron chi connectivity index (χ2n) is 4.77. The summed E-state index contributed by atoms with van der Waals surface area (Å²) in [5.74, 6) is -0.108. The largest absolute Gasteiger partial charge is 0.481 e. The minimum atomic E-state index is -0.737. The Kier molecular flexibility index (Phi) is 4.42. The highest BCUT2D eigenvalue weighted by Gasteiger charge is 2.12. The van der Waals surface area contributed by atoms with Crippen LogP contribution in [0.25, 0.3) is 0 Å². The molecule has 0 fully saturated rings. The van der Waals surface area contributed by atoms with Crippen LogP contribution in [0.3, 0.4) is 0 Å². The number of benzene rings is 1. The summed E-state index contributed by atoms with van der Waals surface area (Å²) in [6.07, 6.45) is 0.214. The Balaban J connectivity index is 2.55. The van der Waals surface area contributed by atoms with Crippen LogP contribution in [0.1, 0.15) is 32.8 Å². The minimum Gasteiger partial charge on any atom is -0.481 e. The molecule has 0 heterocycles. The number of thioether (sulfide) groups is 1. The van der Waals surface area contributed by atoms with Gasteiger partial charge in [0, 0.05) is 10.6 Å². The average Bonchev–Trinajstić information content (AvgIpc) is 2.16. The van der Waals surface area contributed by atoms with Crippen molar-refractivity contribution in [1.82, 2.24) is 0 Å². The highest BCUT2D eigenvalue weighted by atomic mass is 32.2. The van der Waals surface area contributed by atoms with E-state index >= 15 is 0 Å². The molecular formula is C13H18O2S. The highest BCUT2D eigenvalue weighted by Crippen LogP contribution is 2.25. The van der Waals surface area contributed by atoms with Crippen molar-refractivity contribution in [2.24, 2.45) is 0 Å². The molecule has 1 aromatic rings. The zero-order valence-electron chi connectivity index (χ0n) is 9.99. The maximum Gasteiger partial charge on any atom is 0.304 e. The molecule has 1 rings (SSSR count). The molecule has 0 aromatic heterocycles. The van der Waals surface area contributed by atoms with Crippen molar-refractivity contribution in [3.63, 3.8) is 0 Å². The first-order valence-corrected chi connectivity index (χ1v) is 6.33. The highest BCUT2D eigenvalue weighted by molar-refractivity contribution is 7.99. The van der Waals surface area contributed by atoms with Crippen LogP contribution in [0.4, 0.5) is 0 Å². The Labute approximate surface area is 101 Å². The number of aliphatic carboxylic acids is 1. The Hall–Kier alpha value is -0.960. The molecule has 0 aliphatic carbocycles. The van der Waals surface area contributed by atoms with Gasteiger partial charge in [-0.2, -0.15) is 0 Å². The van der Waals surface area contributed by atoms with E-state index < -0.39 is 5.97 Å². The van der Waals surface area contributed by atoms with Crippen molar-refractivity contribution < 1.29 is 9.90 Å². The lowest BCUT2D eigenvalue weighted by Crippen LogP contribution is -2.10. The number of hydrogen-bond acceptors (Lipinski definition) is 2. The second-order valence-corrected chi connectivity index (χ2v) is 5.93. The van der Waals surface area contributed by atoms with Gasteiger partial charge in [0.1, 0.15) is 0 Å². The first-order chi connectivity index (χ1) is 7.39. The van der Waals surface area contributed by atoms with Gasteiger partial charge in [0.15, 0.2) is 0 Å². The molecule has 0 bridgehead atoms. The molecule has 16 heavy (non-hydrogen) atoms. The van der Waals surface area contributed by atoms with Crippen molar-refractivity contribution >= 4 is 17.7 Å². The fraction of sp³-hybridized carbons (Fsp3) is 0.462. The smallest absolute Gasteiger partial charge is 0.304 e. The van der Waals surface area contributed by atoms with Crippen LogP contribution in [0.5, 0.6) is 0 Å². The summed E-state index contributed by atoms with van der Waals surface area (Å²) in [6, 6.07) is 8.35. The standard InChI is InChI=1S/C13H18O2S/c1-13(2,3)10-4-6-11(7-5-10)16-9-8-12(14)15/h4-7H,8-9H2,1-3H3,(H,14,15). The van der Waals surface area contributed by atoms with Gasteiger partial charge >= 0.3 is 5.97 Å². The average molecular weight is 238 g/mol. The molecule has 0 atom stereocenters. The predicted octanol–water partition coefficient (Wildman–Crippen LogP) is 3.55. The van der Waals surface area contributed by atoms with Crippen molar-refractivity contribution in [3.8, 4) is 0 Å². The normalized spacial score (nSPS) is 11.4. The quantitative estimate of drug-likeness (QED) is 0.815. The van der Waals surface area contributed by atoms with Crippen molar-refractivity contribution in [3.05, 3.63) is 29.8 Å². The molecule has 2 nitrogen and oxygen atoms in total. The van der Waals surface area contributed by atoms with E-state index in [2.05, 4.69) is 45.0 Å². The van der Waals surface area contributed by atoms with Crippen molar-refractivity contribution in [2.45, 2.75) is 37.5 Å². The van der Waals surface area contributed by atoms with E-state index in [1.54, 1.807) is 11.8 Å². The summed E-state index contributed by atoms with van der Waals surface area (Å²) in [5.41, 5.74) is 1.47. The van der Waals surface area contributed by atoms with E-state index in [9.17, 15) is 4.79 Å². The Bertz CT molecular complexity index is 349. The van der Waals surface area contributed by atoms with Gasteiger partial charge < -0.3 is 5.11 Å². The molecule has 88 valence electrons. The molecule has 0 aliphatic rings. The van der Waals surface area contributed by atoms with Gasteiger partial charge in [0.05, 0.1) is 6.42 Å². The third kappa shape index (κ3) is 4.27. The summed E-state index contributed by atoms with van der Waals surface area (Å²) < 4.78 is 0. The molecule has 1 aromatic carbocycles. The molecule has 0 radical (unpaired) electrons. The van der Waals surface area contributed by atoms with Crippen molar-refractivity contribution in [2.75, 3.05) is 5.75 Å². The second kappa shape index (κ2) is 5.39. The molecule has 0 amide bonds. The number of hydrogen-bond donors (Lipinski definition) is 1. The van der Waals surface area contributed by atoms with Gasteiger partial charge in [-0.25, -0.2) is 0 Å². The Morgan fingerprint density at radius 1 is 1.25 bits per heavy atom. The number of carboxylic acid groups (broad SMARTS) is 1. The van der Waals surface area contributed by atoms with E-state index in [0.29, 0.717) is 5.75 Å². The zero-order chi connectivity index (χ0) is 12.2. The fourth-order valence-electron chi connectivity index (χ4n) is 1.31. The first kappa shape index (κ1) is 13.1. The summed E-state index contributed by atoms with van der Waals surface area (Å²) in [5, 5.41) is 8.53. The van der Waals surface area contributed by atoms with E-state index in [1.807, 2.05) is 0 Å². The maximum absolute atomic E-state index is 10.4. The van der Waals surface area contributed by atoms with Gasteiger partial charge in [-0.15, -0.1) is 11.8 Å². The Morgan fingerprint density at radius 3 is 2.25 bits per heavy atom. The maximum atomic E-state index is 10.4. The SMILES string of the molecule is CC(C)(C)c1ccc(SCCC(=O)O)cc1. The number of carboxylic acids is 1. The van der Waals surface area contributed by atoms with Crippen LogP contribution in [-0.2, 0) is 10.2 Å². The summed E-state index contributed by atoms with van der Waals surface area (Å²) >= 11 is 1.59. The summed E-state index contributed by atoms with van der Waals surface area (Å²) in [7, 11) is 0. The van der Waals surface area contributed by atoms with E-state index in [0.717, 1.165) is 4.90 Å². The number of rotatable bonds is 4. The van der Waals surface area contributed by atoms with Gasteiger partial charge in [-0.1, -0.05) is 32.9 Å². The molecule has 3 heteroatoms. The zero-order valence-corrected chi connectivity index (χ0v) is 10.8. The van der Waals surface area contributed by atoms with Crippen LogP contribution in [0.15, 0.2) is 29.2 Å². The summed E-state index contributed by atoms with van der Waals surface area (Å²) in [6.45, 7) is 6.54. The summed E-state index contributed by atoms with van der Waals surface area (Å²) in [4.78, 5) is 11.5. The molecular weight excluding hydrogens is 220 g/mol.